The third-order valence-electron chi connectivity index (χ3n) is 13.3. The molecule has 0 saturated heterocycles. The summed E-state index contributed by atoms with van der Waals surface area (Å²) >= 11 is 0. The number of carbonyl (C=O) groups is 1. The monoisotopic (exact) mass is 472 g/mol. The smallest absolute Gasteiger partial charge is 0.157 e. The van der Waals surface area contributed by atoms with E-state index in [9.17, 15) is 20.1 Å². The van der Waals surface area contributed by atoms with Crippen molar-refractivity contribution in [2.45, 2.75) is 111 Å². The second-order valence-electron chi connectivity index (χ2n) is 14.2. The van der Waals surface area contributed by atoms with Crippen molar-refractivity contribution in [2.75, 3.05) is 6.61 Å². The zero-order valence-corrected chi connectivity index (χ0v) is 22.2. The van der Waals surface area contributed by atoms with Gasteiger partial charge in [0.15, 0.2) is 5.78 Å². The number of hydrogen-bond donors (Lipinski definition) is 3. The maximum atomic E-state index is 12.2. The second-order valence-corrected chi connectivity index (χ2v) is 14.2. The number of fused-ring (bicyclic) bond motifs is 2. The van der Waals surface area contributed by atoms with Crippen LogP contribution in [0, 0.1) is 50.7 Å². The number of carbonyl (C=O) groups excluding carboxylic acids is 1. The van der Waals surface area contributed by atoms with E-state index in [2.05, 4.69) is 34.3 Å². The molecule has 4 heteroatoms. The maximum absolute atomic E-state index is 12.2. The lowest BCUT2D eigenvalue weighted by Crippen LogP contribution is -2.62. The maximum Gasteiger partial charge on any atom is 0.157 e. The molecule has 34 heavy (non-hydrogen) atoms. The van der Waals surface area contributed by atoms with E-state index in [1.807, 2.05) is 6.92 Å². The fourth-order valence-corrected chi connectivity index (χ4v) is 11.1. The fraction of sp³-hybridized carbons (Fsp3) is 0.900. The standard InChI is InChI=1S/C30H48O4/c1-18(2)21(32)8-7-19(3)20-11-12-28(6)23-10-9-22-26(4,17-31)24(33)15-25(34)30(22)16-29(23,30)14-13-27(20,28)5/h19-20,22-25,31,33-34H,1,7-17H2,2-6H3. The summed E-state index contributed by atoms with van der Waals surface area (Å²) in [6.07, 6.45) is 9.01. The van der Waals surface area contributed by atoms with Crippen LogP contribution in [0.15, 0.2) is 12.2 Å². The molecule has 3 N–H and O–H groups in total. The van der Waals surface area contributed by atoms with Crippen molar-refractivity contribution in [1.82, 2.24) is 0 Å². The Hall–Kier alpha value is -0.710. The highest BCUT2D eigenvalue weighted by molar-refractivity contribution is 5.94. The van der Waals surface area contributed by atoms with Crippen LogP contribution in [-0.4, -0.2) is 39.9 Å². The predicted octanol–water partition coefficient (Wildman–Crippen LogP) is 5.29. The fourth-order valence-electron chi connectivity index (χ4n) is 11.1. The zero-order valence-electron chi connectivity index (χ0n) is 22.2. The first-order chi connectivity index (χ1) is 15.8. The van der Waals surface area contributed by atoms with E-state index in [1.165, 1.54) is 25.7 Å². The Morgan fingerprint density at radius 3 is 2.32 bits per heavy atom. The molecular weight excluding hydrogens is 424 g/mol. The Morgan fingerprint density at radius 2 is 1.68 bits per heavy atom. The molecule has 0 radical (unpaired) electrons. The molecule has 0 aromatic carbocycles. The molecule has 0 bridgehead atoms. The number of aliphatic hydroxyl groups excluding tert-OH is 3. The Kier molecular flexibility index (Phi) is 5.62. The van der Waals surface area contributed by atoms with E-state index in [0.29, 0.717) is 36.2 Å². The second kappa shape index (κ2) is 7.65. The molecule has 5 saturated carbocycles. The van der Waals surface area contributed by atoms with Crippen LogP contribution in [-0.2, 0) is 4.79 Å². The average molecular weight is 473 g/mol. The van der Waals surface area contributed by atoms with Crippen LogP contribution in [0.5, 0.6) is 0 Å². The van der Waals surface area contributed by atoms with Gasteiger partial charge in [-0.1, -0.05) is 34.3 Å². The van der Waals surface area contributed by atoms with E-state index in [4.69, 9.17) is 0 Å². The first-order valence-corrected chi connectivity index (χ1v) is 14.0. The van der Waals surface area contributed by atoms with E-state index < -0.39 is 17.6 Å². The molecule has 0 aliphatic heterocycles. The van der Waals surface area contributed by atoms with E-state index in [0.717, 1.165) is 25.7 Å². The largest absolute Gasteiger partial charge is 0.396 e. The highest BCUT2D eigenvalue weighted by atomic mass is 16.3. The summed E-state index contributed by atoms with van der Waals surface area (Å²) in [6, 6.07) is 0. The summed E-state index contributed by atoms with van der Waals surface area (Å²) in [6.45, 7) is 15.2. The third kappa shape index (κ3) is 2.80. The van der Waals surface area contributed by atoms with Gasteiger partial charge in [-0.3, -0.25) is 4.79 Å². The van der Waals surface area contributed by atoms with Crippen molar-refractivity contribution in [3.8, 4) is 0 Å². The normalized spacial score (nSPS) is 54.3. The van der Waals surface area contributed by atoms with Crippen LogP contribution < -0.4 is 0 Å². The van der Waals surface area contributed by atoms with Crippen molar-refractivity contribution >= 4 is 5.78 Å². The number of Topliss-reactive ketones (excluding diaryl/α,β-unsaturated/α-hetero) is 1. The van der Waals surface area contributed by atoms with Gasteiger partial charge in [0, 0.05) is 23.7 Å². The quantitative estimate of drug-likeness (QED) is 0.459. The number of aliphatic hydroxyl groups is 3. The SMILES string of the molecule is C=C(C)C(=O)CCC(C)C1CCC2(C)C3CCC4C(C)(CO)C(O)CC(O)C45CC35CCC12C. The van der Waals surface area contributed by atoms with E-state index in [-0.39, 0.29) is 40.0 Å². The molecule has 192 valence electrons. The van der Waals surface area contributed by atoms with Crippen LogP contribution in [0.3, 0.4) is 0 Å². The van der Waals surface area contributed by atoms with Crippen LogP contribution in [0.2, 0.25) is 0 Å². The zero-order chi connectivity index (χ0) is 24.9. The highest BCUT2D eigenvalue weighted by Crippen LogP contribution is 2.89. The molecule has 5 rings (SSSR count). The van der Waals surface area contributed by atoms with E-state index >= 15 is 0 Å². The Balaban J connectivity index is 1.42. The summed E-state index contributed by atoms with van der Waals surface area (Å²) in [5.41, 5.74) is 0.754. The predicted molar refractivity (Wildman–Crippen MR) is 134 cm³/mol. The van der Waals surface area contributed by atoms with Gasteiger partial charge in [-0.2, -0.15) is 0 Å². The topological polar surface area (TPSA) is 77.8 Å². The minimum atomic E-state index is -0.625. The van der Waals surface area contributed by atoms with Crippen molar-refractivity contribution in [1.29, 1.82) is 0 Å². The van der Waals surface area contributed by atoms with Gasteiger partial charge in [-0.15, -0.1) is 0 Å². The van der Waals surface area contributed by atoms with Gasteiger partial charge in [-0.05, 0) is 104 Å². The number of rotatable bonds is 6. The van der Waals surface area contributed by atoms with Gasteiger partial charge >= 0.3 is 0 Å². The van der Waals surface area contributed by atoms with Crippen molar-refractivity contribution < 1.29 is 20.1 Å². The van der Waals surface area contributed by atoms with Gasteiger partial charge in [0.05, 0.1) is 18.8 Å². The lowest BCUT2D eigenvalue weighted by Gasteiger charge is -2.64. The molecule has 11 unspecified atom stereocenters. The molecule has 5 aliphatic rings. The lowest BCUT2D eigenvalue weighted by molar-refractivity contribution is -0.207. The molecule has 2 spiro atoms. The van der Waals surface area contributed by atoms with Gasteiger partial charge in [0.1, 0.15) is 0 Å². The molecule has 5 fully saturated rings. The van der Waals surface area contributed by atoms with Gasteiger partial charge < -0.3 is 15.3 Å². The Labute approximate surface area is 206 Å². The lowest BCUT2D eigenvalue weighted by atomic mass is 9.41. The summed E-state index contributed by atoms with van der Waals surface area (Å²) < 4.78 is 0. The van der Waals surface area contributed by atoms with Crippen LogP contribution in [0.1, 0.15) is 98.8 Å². The Bertz CT molecular complexity index is 883. The number of allylic oxidation sites excluding steroid dienone is 1. The van der Waals surface area contributed by atoms with Gasteiger partial charge in [-0.25, -0.2) is 0 Å². The van der Waals surface area contributed by atoms with Crippen LogP contribution >= 0.6 is 0 Å². The van der Waals surface area contributed by atoms with Crippen molar-refractivity contribution in [3.05, 3.63) is 12.2 Å². The van der Waals surface area contributed by atoms with E-state index in [1.54, 1.807) is 0 Å². The summed E-state index contributed by atoms with van der Waals surface area (Å²) in [4.78, 5) is 12.2. The molecule has 0 heterocycles. The molecule has 0 aromatic heterocycles. The summed E-state index contributed by atoms with van der Waals surface area (Å²) in [7, 11) is 0. The summed E-state index contributed by atoms with van der Waals surface area (Å²) in [5.74, 6) is 2.19. The molecule has 0 amide bonds. The number of hydrogen-bond acceptors (Lipinski definition) is 4. The van der Waals surface area contributed by atoms with Crippen molar-refractivity contribution in [3.63, 3.8) is 0 Å². The first-order valence-electron chi connectivity index (χ1n) is 14.0. The molecule has 5 aliphatic carbocycles. The Morgan fingerprint density at radius 1 is 1.00 bits per heavy atom. The molecular formula is C30H48O4. The highest BCUT2D eigenvalue weighted by Gasteiger charge is 2.84. The third-order valence-corrected chi connectivity index (χ3v) is 13.3. The average Bonchev–Trinajstić information content (AvgIpc) is 3.41. The number of ketones is 1. The molecule has 0 aromatic rings. The van der Waals surface area contributed by atoms with Crippen molar-refractivity contribution in [2.24, 2.45) is 50.7 Å². The molecule has 11 atom stereocenters. The first kappa shape index (κ1) is 25.0. The molecule has 4 nitrogen and oxygen atoms in total. The summed E-state index contributed by atoms with van der Waals surface area (Å²) in [5, 5.41) is 32.7. The van der Waals surface area contributed by atoms with Crippen LogP contribution in [0.4, 0.5) is 0 Å². The van der Waals surface area contributed by atoms with Crippen LogP contribution in [0.25, 0.3) is 0 Å². The van der Waals surface area contributed by atoms with Gasteiger partial charge in [0.25, 0.3) is 0 Å². The minimum Gasteiger partial charge on any atom is -0.396 e. The minimum absolute atomic E-state index is 0.00548. The van der Waals surface area contributed by atoms with Gasteiger partial charge in [0.2, 0.25) is 0 Å².